The summed E-state index contributed by atoms with van der Waals surface area (Å²) in [6, 6.07) is 1.92. The molecule has 0 spiro atoms. The summed E-state index contributed by atoms with van der Waals surface area (Å²) in [7, 11) is 0. The molecular formula is C13H17ClN2O. The maximum absolute atomic E-state index is 10.8. The zero-order chi connectivity index (χ0) is 11.9. The van der Waals surface area contributed by atoms with Crippen molar-refractivity contribution in [3.8, 4) is 0 Å². The molecule has 2 fully saturated rings. The third-order valence-corrected chi connectivity index (χ3v) is 4.59. The van der Waals surface area contributed by atoms with E-state index in [1.54, 1.807) is 12.4 Å². The van der Waals surface area contributed by atoms with Gasteiger partial charge < -0.3 is 10.0 Å². The molecule has 92 valence electrons. The molecule has 17 heavy (non-hydrogen) atoms. The van der Waals surface area contributed by atoms with E-state index in [1.165, 1.54) is 0 Å². The highest BCUT2D eigenvalue weighted by molar-refractivity contribution is 6.31. The minimum Gasteiger partial charge on any atom is -0.389 e. The van der Waals surface area contributed by atoms with Crippen LogP contribution in [-0.4, -0.2) is 40.2 Å². The molecule has 2 bridgehead atoms. The lowest BCUT2D eigenvalue weighted by Gasteiger charge is -2.39. The number of hydrogen-bond donors (Lipinski definition) is 1. The molecule has 0 aromatic carbocycles. The van der Waals surface area contributed by atoms with Crippen molar-refractivity contribution < 1.29 is 5.11 Å². The van der Waals surface area contributed by atoms with E-state index in [-0.39, 0.29) is 0 Å². The number of pyridine rings is 1. The highest BCUT2D eigenvalue weighted by Crippen LogP contribution is 2.38. The molecule has 2 aliphatic rings. The summed E-state index contributed by atoms with van der Waals surface area (Å²) in [6.45, 7) is 3.19. The third-order valence-electron chi connectivity index (χ3n) is 4.25. The second kappa shape index (κ2) is 4.23. The SMILES string of the molecule is OC1(Cc2ccncc2Cl)CCN2CCC1C2. The first kappa shape index (κ1) is 11.5. The number of piperidine rings is 1. The number of halogens is 1. The van der Waals surface area contributed by atoms with Gasteiger partial charge in [-0.25, -0.2) is 0 Å². The van der Waals surface area contributed by atoms with Gasteiger partial charge in [0.2, 0.25) is 0 Å². The molecule has 3 nitrogen and oxygen atoms in total. The van der Waals surface area contributed by atoms with Crippen LogP contribution in [0.2, 0.25) is 5.02 Å². The molecule has 3 atom stereocenters. The van der Waals surface area contributed by atoms with E-state index in [1.807, 2.05) is 6.07 Å². The van der Waals surface area contributed by atoms with Gasteiger partial charge in [-0.1, -0.05) is 11.6 Å². The van der Waals surface area contributed by atoms with Crippen LogP contribution in [0.3, 0.4) is 0 Å². The van der Waals surface area contributed by atoms with E-state index in [2.05, 4.69) is 9.88 Å². The summed E-state index contributed by atoms with van der Waals surface area (Å²) in [5.41, 5.74) is 0.447. The predicted octanol–water partition coefficient (Wildman–Crippen LogP) is 1.73. The summed E-state index contributed by atoms with van der Waals surface area (Å²) >= 11 is 6.12. The van der Waals surface area contributed by atoms with Gasteiger partial charge in [-0.15, -0.1) is 0 Å². The first-order chi connectivity index (χ1) is 8.17. The fourth-order valence-corrected chi connectivity index (χ4v) is 3.33. The van der Waals surface area contributed by atoms with Crippen LogP contribution in [0.1, 0.15) is 18.4 Å². The van der Waals surface area contributed by atoms with Crippen LogP contribution in [0.25, 0.3) is 0 Å². The van der Waals surface area contributed by atoms with Gasteiger partial charge in [0, 0.05) is 37.8 Å². The Labute approximate surface area is 106 Å². The normalized spacial score (nSPS) is 36.1. The summed E-state index contributed by atoms with van der Waals surface area (Å²) in [5.74, 6) is 0.403. The highest BCUT2D eigenvalue weighted by Gasteiger charge is 2.44. The van der Waals surface area contributed by atoms with Crippen molar-refractivity contribution in [3.63, 3.8) is 0 Å². The van der Waals surface area contributed by atoms with Gasteiger partial charge in [0.25, 0.3) is 0 Å². The summed E-state index contributed by atoms with van der Waals surface area (Å²) in [5, 5.41) is 11.5. The van der Waals surface area contributed by atoms with Crippen LogP contribution >= 0.6 is 11.6 Å². The maximum Gasteiger partial charge on any atom is 0.0741 e. The number of rotatable bonds is 2. The van der Waals surface area contributed by atoms with E-state index in [4.69, 9.17) is 11.6 Å². The van der Waals surface area contributed by atoms with Crippen LogP contribution < -0.4 is 0 Å². The lowest BCUT2D eigenvalue weighted by atomic mass is 9.78. The van der Waals surface area contributed by atoms with Gasteiger partial charge in [-0.3, -0.25) is 4.98 Å². The third kappa shape index (κ3) is 2.07. The molecule has 0 radical (unpaired) electrons. The molecule has 3 rings (SSSR count). The van der Waals surface area contributed by atoms with E-state index in [0.29, 0.717) is 17.4 Å². The Hall–Kier alpha value is -0.640. The van der Waals surface area contributed by atoms with Gasteiger partial charge in [0.1, 0.15) is 0 Å². The molecule has 0 aliphatic carbocycles. The Bertz CT molecular complexity index is 426. The van der Waals surface area contributed by atoms with E-state index < -0.39 is 5.60 Å². The van der Waals surface area contributed by atoms with Crippen LogP contribution in [0, 0.1) is 5.92 Å². The average Bonchev–Trinajstić information content (AvgIpc) is 2.74. The topological polar surface area (TPSA) is 36.4 Å². The molecule has 1 aromatic heterocycles. The standard InChI is InChI=1S/C13H17ClN2O/c14-12-8-15-4-1-10(12)7-13(17)3-6-16-5-2-11(13)9-16/h1,4,8,11,17H,2-3,5-7,9H2. The fraction of sp³-hybridized carbons (Fsp3) is 0.615. The van der Waals surface area contributed by atoms with Gasteiger partial charge in [0.15, 0.2) is 0 Å². The first-order valence-corrected chi connectivity index (χ1v) is 6.58. The zero-order valence-corrected chi connectivity index (χ0v) is 10.5. The Morgan fingerprint density at radius 3 is 3.24 bits per heavy atom. The Balaban J connectivity index is 1.82. The fourth-order valence-electron chi connectivity index (χ4n) is 3.14. The molecule has 3 heterocycles. The molecule has 1 N–H and O–H groups in total. The minimum atomic E-state index is -0.571. The van der Waals surface area contributed by atoms with Crippen LogP contribution in [0.5, 0.6) is 0 Å². The second-order valence-corrected chi connectivity index (χ2v) is 5.69. The van der Waals surface area contributed by atoms with Crippen molar-refractivity contribution in [2.24, 2.45) is 5.92 Å². The molecular weight excluding hydrogens is 236 g/mol. The van der Waals surface area contributed by atoms with Crippen LogP contribution in [0.4, 0.5) is 0 Å². The lowest BCUT2D eigenvalue weighted by molar-refractivity contribution is -0.0438. The molecule has 0 saturated carbocycles. The van der Waals surface area contributed by atoms with Crippen molar-refractivity contribution in [1.29, 1.82) is 0 Å². The molecule has 0 amide bonds. The predicted molar refractivity (Wildman–Crippen MR) is 67.1 cm³/mol. The van der Waals surface area contributed by atoms with Gasteiger partial charge >= 0.3 is 0 Å². The van der Waals surface area contributed by atoms with Gasteiger partial charge in [-0.2, -0.15) is 0 Å². The van der Waals surface area contributed by atoms with E-state index in [9.17, 15) is 5.11 Å². The second-order valence-electron chi connectivity index (χ2n) is 5.28. The first-order valence-electron chi connectivity index (χ1n) is 6.20. The molecule has 4 heteroatoms. The van der Waals surface area contributed by atoms with Crippen molar-refractivity contribution in [2.75, 3.05) is 19.6 Å². The molecule has 1 aromatic rings. The van der Waals surface area contributed by atoms with E-state index in [0.717, 1.165) is 38.0 Å². The maximum atomic E-state index is 10.8. The number of aromatic nitrogens is 1. The van der Waals surface area contributed by atoms with Gasteiger partial charge in [-0.05, 0) is 31.0 Å². The molecule has 2 saturated heterocycles. The average molecular weight is 253 g/mol. The summed E-state index contributed by atoms with van der Waals surface area (Å²) in [6.07, 6.45) is 6.03. The summed E-state index contributed by atoms with van der Waals surface area (Å²) < 4.78 is 0. The summed E-state index contributed by atoms with van der Waals surface area (Å²) in [4.78, 5) is 6.42. The van der Waals surface area contributed by atoms with E-state index >= 15 is 0 Å². The number of nitrogens with zero attached hydrogens (tertiary/aromatic N) is 2. The Morgan fingerprint density at radius 1 is 1.53 bits per heavy atom. The smallest absolute Gasteiger partial charge is 0.0741 e. The molecule has 2 aliphatic heterocycles. The van der Waals surface area contributed by atoms with Gasteiger partial charge in [0.05, 0.1) is 10.6 Å². The quantitative estimate of drug-likeness (QED) is 0.871. The Morgan fingerprint density at radius 2 is 2.41 bits per heavy atom. The van der Waals surface area contributed by atoms with Crippen molar-refractivity contribution in [1.82, 2.24) is 9.88 Å². The van der Waals surface area contributed by atoms with Crippen molar-refractivity contribution in [3.05, 3.63) is 29.0 Å². The highest BCUT2D eigenvalue weighted by atomic mass is 35.5. The molecule has 3 unspecified atom stereocenters. The zero-order valence-electron chi connectivity index (χ0n) is 9.77. The van der Waals surface area contributed by atoms with Crippen molar-refractivity contribution in [2.45, 2.75) is 24.9 Å². The van der Waals surface area contributed by atoms with Crippen LogP contribution in [0.15, 0.2) is 18.5 Å². The monoisotopic (exact) mass is 252 g/mol. The largest absolute Gasteiger partial charge is 0.389 e. The Kier molecular flexibility index (Phi) is 2.85. The number of fused-ring (bicyclic) bond motifs is 2. The number of hydrogen-bond acceptors (Lipinski definition) is 3. The minimum absolute atomic E-state index is 0.403. The van der Waals surface area contributed by atoms with Crippen molar-refractivity contribution >= 4 is 11.6 Å². The van der Waals surface area contributed by atoms with Crippen LogP contribution in [-0.2, 0) is 6.42 Å². The number of aliphatic hydroxyl groups is 1. The lowest BCUT2D eigenvalue weighted by Crippen LogP contribution is -2.47.